The predicted molar refractivity (Wildman–Crippen MR) is 62.3 cm³/mol. The maximum atomic E-state index is 11.3. The van der Waals surface area contributed by atoms with Crippen molar-refractivity contribution < 1.29 is 9.59 Å². The van der Waals surface area contributed by atoms with Crippen LogP contribution in [0.2, 0.25) is 0 Å². The third-order valence-electron chi connectivity index (χ3n) is 2.64. The summed E-state index contributed by atoms with van der Waals surface area (Å²) in [5.74, 6) is 0.234. The number of rotatable bonds is 0. The SMILES string of the molecule is O=C1C=C2SC3=C(C=CC(=O)C3)NC2=CC1. The van der Waals surface area contributed by atoms with Gasteiger partial charge in [-0.05, 0) is 18.2 Å². The van der Waals surface area contributed by atoms with E-state index < -0.39 is 0 Å². The lowest BCUT2D eigenvalue weighted by Crippen LogP contribution is -2.23. The summed E-state index contributed by atoms with van der Waals surface area (Å²) in [6.45, 7) is 0. The molecule has 0 aromatic rings. The smallest absolute Gasteiger partial charge is 0.160 e. The predicted octanol–water partition coefficient (Wildman–Crippen LogP) is 1.80. The quantitative estimate of drug-likeness (QED) is 0.690. The van der Waals surface area contributed by atoms with E-state index in [0.29, 0.717) is 12.8 Å². The van der Waals surface area contributed by atoms with Gasteiger partial charge in [-0.2, -0.15) is 0 Å². The Balaban J connectivity index is 1.99. The molecule has 3 aliphatic rings. The van der Waals surface area contributed by atoms with Crippen molar-refractivity contribution in [3.8, 4) is 0 Å². The molecule has 3 nitrogen and oxygen atoms in total. The second-order valence-corrected chi connectivity index (χ2v) is 4.97. The van der Waals surface area contributed by atoms with Gasteiger partial charge in [0.25, 0.3) is 0 Å². The minimum atomic E-state index is 0.114. The molecule has 0 saturated carbocycles. The van der Waals surface area contributed by atoms with Crippen LogP contribution in [0.15, 0.2) is 45.5 Å². The lowest BCUT2D eigenvalue weighted by Gasteiger charge is -2.27. The Labute approximate surface area is 97.0 Å². The topological polar surface area (TPSA) is 46.2 Å². The van der Waals surface area contributed by atoms with Crippen LogP contribution < -0.4 is 5.32 Å². The highest BCUT2D eigenvalue weighted by atomic mass is 32.2. The normalized spacial score (nSPS) is 23.2. The van der Waals surface area contributed by atoms with Crippen LogP contribution in [-0.2, 0) is 9.59 Å². The lowest BCUT2D eigenvalue weighted by molar-refractivity contribution is -0.114. The molecular formula is C12H9NO2S. The maximum Gasteiger partial charge on any atom is 0.160 e. The van der Waals surface area contributed by atoms with Crippen molar-refractivity contribution >= 4 is 23.3 Å². The molecule has 0 aromatic heterocycles. The molecule has 1 heterocycles. The van der Waals surface area contributed by atoms with E-state index in [9.17, 15) is 9.59 Å². The van der Waals surface area contributed by atoms with E-state index in [1.165, 1.54) is 11.8 Å². The number of hydrogen-bond donors (Lipinski definition) is 1. The van der Waals surface area contributed by atoms with Crippen molar-refractivity contribution in [1.82, 2.24) is 5.32 Å². The van der Waals surface area contributed by atoms with Crippen LogP contribution in [0.4, 0.5) is 0 Å². The molecule has 4 heteroatoms. The molecule has 0 radical (unpaired) electrons. The molecule has 0 bridgehead atoms. The third-order valence-corrected chi connectivity index (χ3v) is 3.81. The zero-order chi connectivity index (χ0) is 11.1. The highest BCUT2D eigenvalue weighted by molar-refractivity contribution is 8.07. The molecule has 0 saturated heterocycles. The average molecular weight is 231 g/mol. The Bertz CT molecular complexity index is 523. The van der Waals surface area contributed by atoms with Gasteiger partial charge in [0.05, 0.1) is 0 Å². The van der Waals surface area contributed by atoms with Crippen molar-refractivity contribution in [3.63, 3.8) is 0 Å². The van der Waals surface area contributed by atoms with Crippen molar-refractivity contribution in [1.29, 1.82) is 0 Å². The van der Waals surface area contributed by atoms with Crippen molar-refractivity contribution in [3.05, 3.63) is 45.5 Å². The van der Waals surface area contributed by atoms with E-state index >= 15 is 0 Å². The highest BCUT2D eigenvalue weighted by Gasteiger charge is 2.25. The molecule has 0 fully saturated rings. The first-order valence-corrected chi connectivity index (χ1v) is 5.88. The highest BCUT2D eigenvalue weighted by Crippen LogP contribution is 2.41. The number of carbonyl (C=O) groups is 2. The van der Waals surface area contributed by atoms with Gasteiger partial charge in [-0.1, -0.05) is 17.8 Å². The van der Waals surface area contributed by atoms with E-state index in [4.69, 9.17) is 0 Å². The van der Waals surface area contributed by atoms with Crippen molar-refractivity contribution in [2.75, 3.05) is 0 Å². The van der Waals surface area contributed by atoms with Gasteiger partial charge >= 0.3 is 0 Å². The summed E-state index contributed by atoms with van der Waals surface area (Å²) in [5, 5.41) is 3.26. The fraction of sp³-hybridized carbons (Fsp3) is 0.167. The lowest BCUT2D eigenvalue weighted by atomic mass is 10.1. The summed E-state index contributed by atoms with van der Waals surface area (Å²) in [6.07, 6.45) is 7.84. The first-order chi connectivity index (χ1) is 7.72. The van der Waals surface area contributed by atoms with Gasteiger partial charge in [0.2, 0.25) is 0 Å². The van der Waals surface area contributed by atoms with E-state index in [1.54, 1.807) is 12.2 Å². The zero-order valence-electron chi connectivity index (χ0n) is 8.45. The van der Waals surface area contributed by atoms with E-state index in [2.05, 4.69) is 5.32 Å². The van der Waals surface area contributed by atoms with Gasteiger partial charge in [-0.3, -0.25) is 9.59 Å². The monoisotopic (exact) mass is 231 g/mol. The second-order valence-electron chi connectivity index (χ2n) is 3.84. The molecule has 0 spiro atoms. The molecule has 0 aromatic carbocycles. The largest absolute Gasteiger partial charge is 0.354 e. The van der Waals surface area contributed by atoms with E-state index in [0.717, 1.165) is 21.2 Å². The molecule has 2 aliphatic carbocycles. The number of allylic oxidation sites excluding steroid dienone is 5. The third kappa shape index (κ3) is 1.55. The van der Waals surface area contributed by atoms with E-state index in [-0.39, 0.29) is 11.6 Å². The van der Waals surface area contributed by atoms with Gasteiger partial charge in [0.15, 0.2) is 11.6 Å². The standard InChI is InChI=1S/C12H9NO2S/c14-7-1-3-9-11(5-7)16-12-6-8(15)2-4-10(12)13-9/h1,3-4,6,13H,2,5H2. The van der Waals surface area contributed by atoms with Crippen LogP contribution in [-0.4, -0.2) is 11.6 Å². The van der Waals surface area contributed by atoms with Crippen molar-refractivity contribution in [2.45, 2.75) is 12.8 Å². The summed E-state index contributed by atoms with van der Waals surface area (Å²) in [4.78, 5) is 24.5. The minimum absolute atomic E-state index is 0.114. The molecule has 0 atom stereocenters. The number of carbonyl (C=O) groups excluding carboxylic acids is 2. The van der Waals surface area contributed by atoms with Gasteiger partial charge in [-0.15, -0.1) is 0 Å². The van der Waals surface area contributed by atoms with Gasteiger partial charge in [-0.25, -0.2) is 0 Å². The number of thioether (sulfide) groups is 1. The van der Waals surface area contributed by atoms with Crippen LogP contribution in [0.5, 0.6) is 0 Å². The van der Waals surface area contributed by atoms with E-state index in [1.807, 2.05) is 12.2 Å². The number of nitrogens with one attached hydrogen (secondary N) is 1. The van der Waals surface area contributed by atoms with Crippen LogP contribution in [0.1, 0.15) is 12.8 Å². The Morgan fingerprint density at radius 3 is 2.94 bits per heavy atom. The van der Waals surface area contributed by atoms with Gasteiger partial charge in [0.1, 0.15) is 0 Å². The minimum Gasteiger partial charge on any atom is -0.354 e. The molecular weight excluding hydrogens is 222 g/mol. The first kappa shape index (κ1) is 9.66. The van der Waals surface area contributed by atoms with Gasteiger partial charge < -0.3 is 5.32 Å². The fourth-order valence-electron chi connectivity index (χ4n) is 1.85. The Kier molecular flexibility index (Phi) is 2.11. The molecule has 1 aliphatic heterocycles. The average Bonchev–Trinajstić information content (AvgIpc) is 2.26. The summed E-state index contributed by atoms with van der Waals surface area (Å²) < 4.78 is 0. The molecule has 1 N–H and O–H groups in total. The van der Waals surface area contributed by atoms with Gasteiger partial charge in [0, 0.05) is 34.0 Å². The van der Waals surface area contributed by atoms with Crippen LogP contribution in [0.25, 0.3) is 0 Å². The second kappa shape index (κ2) is 3.49. The maximum absolute atomic E-state index is 11.3. The molecule has 16 heavy (non-hydrogen) atoms. The number of fused-ring (bicyclic) bond motifs is 1. The summed E-state index contributed by atoms with van der Waals surface area (Å²) in [6, 6.07) is 0. The molecule has 3 rings (SSSR count). The number of ketones is 2. The summed E-state index contributed by atoms with van der Waals surface area (Å²) >= 11 is 1.52. The fourth-order valence-corrected chi connectivity index (χ4v) is 2.99. The van der Waals surface area contributed by atoms with Crippen LogP contribution >= 0.6 is 11.8 Å². The first-order valence-electron chi connectivity index (χ1n) is 5.06. The van der Waals surface area contributed by atoms with Crippen molar-refractivity contribution in [2.24, 2.45) is 0 Å². The van der Waals surface area contributed by atoms with Crippen LogP contribution in [0.3, 0.4) is 0 Å². The Hall–Kier alpha value is -1.55. The summed E-state index contributed by atoms with van der Waals surface area (Å²) in [7, 11) is 0. The zero-order valence-corrected chi connectivity index (χ0v) is 9.26. The Morgan fingerprint density at radius 1 is 1.19 bits per heavy atom. The van der Waals surface area contributed by atoms with Crippen LogP contribution in [0, 0.1) is 0 Å². The molecule has 80 valence electrons. The Morgan fingerprint density at radius 2 is 2.06 bits per heavy atom. The molecule has 0 amide bonds. The summed E-state index contributed by atoms with van der Waals surface area (Å²) in [5.41, 5.74) is 1.98. The molecule has 0 unspecified atom stereocenters. The number of hydrogen-bond acceptors (Lipinski definition) is 4.